The molecular weight excluding hydrogens is 218 g/mol. The quantitative estimate of drug-likeness (QED) is 0.362. The van der Waals surface area contributed by atoms with E-state index in [1.165, 1.54) is 12.3 Å². The number of hydrogen-bond donors (Lipinski definition) is 0. The third kappa shape index (κ3) is 1.40. The van der Waals surface area contributed by atoms with Crippen molar-refractivity contribution in [2.75, 3.05) is 0 Å². The van der Waals surface area contributed by atoms with E-state index in [-0.39, 0.29) is 5.69 Å². The number of rotatable bonds is 1. The molecule has 5 nitrogen and oxygen atoms in total. The topological polar surface area (TPSA) is 68.9 Å². The van der Waals surface area contributed by atoms with Crippen LogP contribution in [0.1, 0.15) is 0 Å². The fourth-order valence-electron chi connectivity index (χ4n) is 1.90. The molecule has 3 rings (SSSR count). The first kappa shape index (κ1) is 9.65. The second kappa shape index (κ2) is 3.48. The Labute approximate surface area is 95.9 Å². The van der Waals surface area contributed by atoms with Gasteiger partial charge in [-0.1, -0.05) is 12.1 Å². The Morgan fingerprint density at radius 3 is 2.65 bits per heavy atom. The van der Waals surface area contributed by atoms with Gasteiger partial charge >= 0.3 is 0 Å². The van der Waals surface area contributed by atoms with Crippen molar-refractivity contribution in [3.63, 3.8) is 0 Å². The first-order valence-corrected chi connectivity index (χ1v) is 5.04. The van der Waals surface area contributed by atoms with Crippen molar-refractivity contribution in [2.45, 2.75) is 0 Å². The Hall–Kier alpha value is -2.56. The summed E-state index contributed by atoms with van der Waals surface area (Å²) in [4.78, 5) is 18.9. The zero-order valence-electron chi connectivity index (χ0n) is 8.70. The average Bonchev–Trinajstić information content (AvgIpc) is 2.37. The fraction of sp³-hybridized carbons (Fsp3) is 0. The molecule has 0 bridgehead atoms. The van der Waals surface area contributed by atoms with Crippen molar-refractivity contribution in [3.05, 3.63) is 52.8 Å². The summed E-state index contributed by atoms with van der Waals surface area (Å²) in [7, 11) is 0. The SMILES string of the molecule is O=[N+]([O-])c1ccnc2c1ccc1cccnc12. The summed E-state index contributed by atoms with van der Waals surface area (Å²) in [5, 5.41) is 12.3. The molecule has 5 heteroatoms. The Balaban J connectivity index is 2.52. The van der Waals surface area contributed by atoms with Crippen LogP contribution in [0.15, 0.2) is 42.7 Å². The number of nitrogens with zero attached hydrogens (tertiary/aromatic N) is 3. The van der Waals surface area contributed by atoms with Gasteiger partial charge in [-0.2, -0.15) is 0 Å². The van der Waals surface area contributed by atoms with Gasteiger partial charge < -0.3 is 0 Å². The lowest BCUT2D eigenvalue weighted by molar-refractivity contribution is -0.383. The summed E-state index contributed by atoms with van der Waals surface area (Å²) < 4.78 is 0. The number of pyridine rings is 2. The fourth-order valence-corrected chi connectivity index (χ4v) is 1.90. The monoisotopic (exact) mass is 225 g/mol. The van der Waals surface area contributed by atoms with E-state index in [1.807, 2.05) is 18.2 Å². The summed E-state index contributed by atoms with van der Waals surface area (Å²) in [5.74, 6) is 0. The van der Waals surface area contributed by atoms with E-state index in [1.54, 1.807) is 12.3 Å². The second-order valence-electron chi connectivity index (χ2n) is 3.62. The van der Waals surface area contributed by atoms with Crippen LogP contribution in [0.5, 0.6) is 0 Å². The van der Waals surface area contributed by atoms with Gasteiger partial charge in [0.05, 0.1) is 15.8 Å². The van der Waals surface area contributed by atoms with Crippen LogP contribution in [0, 0.1) is 10.1 Å². The summed E-state index contributed by atoms with van der Waals surface area (Å²) in [6.07, 6.45) is 3.09. The van der Waals surface area contributed by atoms with E-state index in [0.717, 1.165) is 5.39 Å². The predicted octanol–water partition coefficient (Wildman–Crippen LogP) is 2.69. The van der Waals surface area contributed by atoms with Crippen molar-refractivity contribution in [1.82, 2.24) is 9.97 Å². The molecule has 2 heterocycles. The summed E-state index contributed by atoms with van der Waals surface area (Å²) in [6.45, 7) is 0. The smallest absolute Gasteiger partial charge is 0.258 e. The highest BCUT2D eigenvalue weighted by Crippen LogP contribution is 2.28. The normalized spacial score (nSPS) is 10.8. The molecular formula is C12H7N3O2. The van der Waals surface area contributed by atoms with Crippen LogP contribution in [0.25, 0.3) is 21.8 Å². The second-order valence-corrected chi connectivity index (χ2v) is 3.62. The highest BCUT2D eigenvalue weighted by molar-refractivity contribution is 6.05. The van der Waals surface area contributed by atoms with Crippen molar-refractivity contribution in [3.8, 4) is 0 Å². The largest absolute Gasteiger partial charge is 0.280 e. The zero-order chi connectivity index (χ0) is 11.8. The van der Waals surface area contributed by atoms with Gasteiger partial charge in [0.15, 0.2) is 0 Å². The van der Waals surface area contributed by atoms with E-state index < -0.39 is 4.92 Å². The predicted molar refractivity (Wildman–Crippen MR) is 63.7 cm³/mol. The molecule has 0 spiro atoms. The third-order valence-electron chi connectivity index (χ3n) is 2.66. The van der Waals surface area contributed by atoms with Crippen molar-refractivity contribution < 1.29 is 4.92 Å². The molecule has 0 aliphatic heterocycles. The number of fused-ring (bicyclic) bond motifs is 3. The molecule has 0 atom stereocenters. The van der Waals surface area contributed by atoms with Crippen LogP contribution < -0.4 is 0 Å². The molecule has 82 valence electrons. The Kier molecular flexibility index (Phi) is 1.98. The molecule has 0 aliphatic carbocycles. The highest BCUT2D eigenvalue weighted by Gasteiger charge is 2.13. The number of benzene rings is 1. The molecule has 0 fully saturated rings. The minimum Gasteiger partial charge on any atom is -0.258 e. The first-order chi connectivity index (χ1) is 8.27. The zero-order valence-corrected chi connectivity index (χ0v) is 8.70. The number of hydrogen-bond acceptors (Lipinski definition) is 4. The van der Waals surface area contributed by atoms with Gasteiger partial charge in [-0.25, -0.2) is 0 Å². The van der Waals surface area contributed by atoms with Gasteiger partial charge in [-0.15, -0.1) is 0 Å². The minimum absolute atomic E-state index is 0.0579. The van der Waals surface area contributed by atoms with Gasteiger partial charge in [0, 0.05) is 23.8 Å². The van der Waals surface area contributed by atoms with Gasteiger partial charge in [0.1, 0.15) is 5.52 Å². The Morgan fingerprint density at radius 1 is 1.00 bits per heavy atom. The van der Waals surface area contributed by atoms with Gasteiger partial charge in [0.2, 0.25) is 0 Å². The van der Waals surface area contributed by atoms with E-state index in [4.69, 9.17) is 0 Å². The highest BCUT2D eigenvalue weighted by atomic mass is 16.6. The minimum atomic E-state index is -0.404. The van der Waals surface area contributed by atoms with Crippen LogP contribution in [-0.4, -0.2) is 14.9 Å². The summed E-state index contributed by atoms with van der Waals surface area (Å²) >= 11 is 0. The molecule has 1 aromatic carbocycles. The van der Waals surface area contributed by atoms with Crippen LogP contribution in [0.4, 0.5) is 5.69 Å². The first-order valence-electron chi connectivity index (χ1n) is 5.04. The van der Waals surface area contributed by atoms with E-state index in [0.29, 0.717) is 16.4 Å². The molecule has 3 aromatic rings. The Bertz CT molecular complexity index is 740. The molecule has 0 radical (unpaired) electrons. The maximum Gasteiger partial charge on any atom is 0.280 e. The van der Waals surface area contributed by atoms with E-state index >= 15 is 0 Å². The maximum atomic E-state index is 10.9. The standard InChI is InChI=1S/C12H7N3O2/c16-15(17)10-5-7-14-12-9(10)4-3-8-2-1-6-13-11(8)12/h1-7H. The summed E-state index contributed by atoms with van der Waals surface area (Å²) in [5.41, 5.74) is 1.31. The lowest BCUT2D eigenvalue weighted by atomic mass is 10.1. The number of aromatic nitrogens is 2. The molecule has 0 amide bonds. The van der Waals surface area contributed by atoms with Crippen LogP contribution in [-0.2, 0) is 0 Å². The van der Waals surface area contributed by atoms with Gasteiger partial charge in [0.25, 0.3) is 5.69 Å². The van der Waals surface area contributed by atoms with Gasteiger partial charge in [-0.05, 0) is 12.1 Å². The molecule has 0 unspecified atom stereocenters. The van der Waals surface area contributed by atoms with E-state index in [9.17, 15) is 10.1 Å². The van der Waals surface area contributed by atoms with Crippen molar-refractivity contribution in [1.29, 1.82) is 0 Å². The van der Waals surface area contributed by atoms with E-state index in [2.05, 4.69) is 9.97 Å². The van der Waals surface area contributed by atoms with Gasteiger partial charge in [-0.3, -0.25) is 20.1 Å². The van der Waals surface area contributed by atoms with Crippen molar-refractivity contribution >= 4 is 27.5 Å². The lowest BCUT2D eigenvalue weighted by Crippen LogP contribution is -1.92. The molecule has 0 saturated heterocycles. The average molecular weight is 225 g/mol. The molecule has 17 heavy (non-hydrogen) atoms. The van der Waals surface area contributed by atoms with Crippen LogP contribution >= 0.6 is 0 Å². The molecule has 0 N–H and O–H groups in total. The molecule has 0 saturated carbocycles. The number of nitro groups is 1. The molecule has 0 aliphatic rings. The molecule has 2 aromatic heterocycles. The van der Waals surface area contributed by atoms with Crippen LogP contribution in [0.3, 0.4) is 0 Å². The lowest BCUT2D eigenvalue weighted by Gasteiger charge is -2.02. The maximum absolute atomic E-state index is 10.9. The van der Waals surface area contributed by atoms with Crippen molar-refractivity contribution in [2.24, 2.45) is 0 Å². The van der Waals surface area contributed by atoms with Crippen LogP contribution in [0.2, 0.25) is 0 Å². The Morgan fingerprint density at radius 2 is 1.82 bits per heavy atom. The third-order valence-corrected chi connectivity index (χ3v) is 2.66. The summed E-state index contributed by atoms with van der Waals surface area (Å²) in [6, 6.07) is 8.66.